The van der Waals surface area contributed by atoms with Crippen LogP contribution in [0.3, 0.4) is 0 Å². The molecule has 0 amide bonds. The van der Waals surface area contributed by atoms with Gasteiger partial charge in [-0.2, -0.15) is 0 Å². The zero-order valence-electron chi connectivity index (χ0n) is 17.1. The zero-order chi connectivity index (χ0) is 18.5. The fourth-order valence-electron chi connectivity index (χ4n) is 4.63. The van der Waals surface area contributed by atoms with E-state index in [1.165, 1.54) is 12.8 Å². The third kappa shape index (κ3) is 6.29. The Morgan fingerprint density at radius 2 is 1.63 bits per heavy atom. The van der Waals surface area contributed by atoms with E-state index in [1.54, 1.807) is 0 Å². The molecular formula is C20H37ClN2O4. The molecule has 0 spiro atoms. The van der Waals surface area contributed by atoms with Crippen molar-refractivity contribution in [1.29, 1.82) is 0 Å². The number of ether oxygens (including phenoxy) is 3. The normalized spacial score (nSPS) is 34.0. The molecule has 0 radical (unpaired) electrons. The first-order valence-corrected chi connectivity index (χ1v) is 10.5. The van der Waals surface area contributed by atoms with Crippen LogP contribution in [-0.4, -0.2) is 73.2 Å². The summed E-state index contributed by atoms with van der Waals surface area (Å²) >= 11 is 0. The molecule has 2 heterocycles. The van der Waals surface area contributed by atoms with E-state index in [0.29, 0.717) is 6.61 Å². The number of morpholine rings is 1. The number of nitrogens with zero attached hydrogens (tertiary/aromatic N) is 2. The lowest BCUT2D eigenvalue weighted by Crippen LogP contribution is -2.57. The summed E-state index contributed by atoms with van der Waals surface area (Å²) in [7, 11) is 0. The third-order valence-corrected chi connectivity index (χ3v) is 5.82. The predicted molar refractivity (Wildman–Crippen MR) is 107 cm³/mol. The SMILES string of the molecule is CCOC(=O)[C@H]1CC[C@H](OC(N2CCCC2)N2CC(C)OC(C)C2)CC1.Cl. The lowest BCUT2D eigenvalue weighted by atomic mass is 9.87. The molecule has 0 aromatic carbocycles. The predicted octanol–water partition coefficient (Wildman–Crippen LogP) is 3.04. The highest BCUT2D eigenvalue weighted by atomic mass is 35.5. The van der Waals surface area contributed by atoms with Gasteiger partial charge in [-0.05, 0) is 59.3 Å². The Morgan fingerprint density at radius 3 is 2.19 bits per heavy atom. The van der Waals surface area contributed by atoms with Gasteiger partial charge in [0.2, 0.25) is 0 Å². The lowest BCUT2D eigenvalue weighted by Gasteiger charge is -2.44. The number of likely N-dealkylation sites (tertiary alicyclic amines) is 1. The van der Waals surface area contributed by atoms with Crippen LogP contribution in [-0.2, 0) is 19.0 Å². The Morgan fingerprint density at radius 1 is 1.04 bits per heavy atom. The van der Waals surface area contributed by atoms with Gasteiger partial charge in [0.15, 0.2) is 6.35 Å². The fourth-order valence-corrected chi connectivity index (χ4v) is 4.63. The summed E-state index contributed by atoms with van der Waals surface area (Å²) in [4.78, 5) is 16.9. The number of rotatable bonds is 6. The summed E-state index contributed by atoms with van der Waals surface area (Å²) in [5, 5.41) is 0. The van der Waals surface area contributed by atoms with Crippen LogP contribution in [0.2, 0.25) is 0 Å². The summed E-state index contributed by atoms with van der Waals surface area (Å²) in [6, 6.07) is 0. The highest BCUT2D eigenvalue weighted by Gasteiger charge is 2.36. The van der Waals surface area contributed by atoms with Crippen LogP contribution in [0.4, 0.5) is 0 Å². The number of halogens is 1. The summed E-state index contributed by atoms with van der Waals surface area (Å²) in [5.74, 6) is 0.0290. The van der Waals surface area contributed by atoms with Crippen molar-refractivity contribution in [3.63, 3.8) is 0 Å². The van der Waals surface area contributed by atoms with Gasteiger partial charge in [0.25, 0.3) is 0 Å². The van der Waals surface area contributed by atoms with Crippen molar-refractivity contribution >= 4 is 18.4 Å². The van der Waals surface area contributed by atoms with Crippen molar-refractivity contribution < 1.29 is 19.0 Å². The van der Waals surface area contributed by atoms with Gasteiger partial charge in [0.1, 0.15) is 0 Å². The molecule has 2 aliphatic heterocycles. The molecule has 0 aromatic rings. The van der Waals surface area contributed by atoms with Crippen molar-refractivity contribution in [3.05, 3.63) is 0 Å². The third-order valence-electron chi connectivity index (χ3n) is 5.82. The van der Waals surface area contributed by atoms with Crippen LogP contribution in [0.15, 0.2) is 0 Å². The molecule has 0 aromatic heterocycles. The molecule has 27 heavy (non-hydrogen) atoms. The molecule has 6 nitrogen and oxygen atoms in total. The molecule has 3 aliphatic rings. The molecule has 158 valence electrons. The molecule has 0 bridgehead atoms. The maximum absolute atomic E-state index is 12.0. The molecule has 3 rings (SSSR count). The maximum Gasteiger partial charge on any atom is 0.308 e. The monoisotopic (exact) mass is 404 g/mol. The zero-order valence-corrected chi connectivity index (χ0v) is 17.9. The Balaban J connectivity index is 0.00000261. The van der Waals surface area contributed by atoms with E-state index < -0.39 is 0 Å². The highest BCUT2D eigenvalue weighted by molar-refractivity contribution is 5.85. The molecule has 2 saturated heterocycles. The first kappa shape index (κ1) is 22.9. The van der Waals surface area contributed by atoms with Crippen LogP contribution < -0.4 is 0 Å². The van der Waals surface area contributed by atoms with Crippen molar-refractivity contribution in [3.8, 4) is 0 Å². The molecular weight excluding hydrogens is 368 g/mol. The van der Waals surface area contributed by atoms with Crippen molar-refractivity contribution in [1.82, 2.24) is 9.80 Å². The van der Waals surface area contributed by atoms with Gasteiger partial charge < -0.3 is 14.2 Å². The van der Waals surface area contributed by atoms with Crippen molar-refractivity contribution in [2.24, 2.45) is 5.92 Å². The lowest BCUT2D eigenvalue weighted by molar-refractivity contribution is -0.215. The maximum atomic E-state index is 12.0. The van der Waals surface area contributed by atoms with Gasteiger partial charge in [-0.1, -0.05) is 0 Å². The van der Waals surface area contributed by atoms with E-state index >= 15 is 0 Å². The van der Waals surface area contributed by atoms with Crippen LogP contribution in [0.5, 0.6) is 0 Å². The Bertz CT molecular complexity index is 443. The van der Waals surface area contributed by atoms with E-state index in [2.05, 4.69) is 23.6 Å². The van der Waals surface area contributed by atoms with Crippen molar-refractivity contribution in [2.75, 3.05) is 32.8 Å². The number of hydrogen-bond acceptors (Lipinski definition) is 6. The average Bonchev–Trinajstić information content (AvgIpc) is 3.14. The molecule has 1 saturated carbocycles. The van der Waals surface area contributed by atoms with Crippen LogP contribution in [0.1, 0.15) is 59.3 Å². The summed E-state index contributed by atoms with van der Waals surface area (Å²) in [6.07, 6.45) is 6.94. The Kier molecular flexibility index (Phi) is 9.29. The molecule has 1 aliphatic carbocycles. The largest absolute Gasteiger partial charge is 0.466 e. The Labute approximate surface area is 170 Å². The summed E-state index contributed by atoms with van der Waals surface area (Å²) in [6.45, 7) is 10.7. The summed E-state index contributed by atoms with van der Waals surface area (Å²) in [5.41, 5.74) is 0. The van der Waals surface area contributed by atoms with Gasteiger partial charge in [0.05, 0.1) is 30.8 Å². The number of hydrogen-bond donors (Lipinski definition) is 0. The quantitative estimate of drug-likeness (QED) is 0.634. The molecule has 7 heteroatoms. The standard InChI is InChI=1S/C20H36N2O4.ClH/c1-4-24-19(23)17-7-9-18(10-8-17)26-20(21-11-5-6-12-21)22-13-15(2)25-16(3)14-22;/h15-18,20H,4-14H2,1-3H3;1H/t15?,16?,17-,18-,20?;. The Hall–Kier alpha value is -0.400. The molecule has 3 unspecified atom stereocenters. The minimum Gasteiger partial charge on any atom is -0.466 e. The van der Waals surface area contributed by atoms with E-state index in [9.17, 15) is 4.79 Å². The minimum absolute atomic E-state index is 0. The second kappa shape index (κ2) is 11.0. The average molecular weight is 405 g/mol. The van der Waals surface area contributed by atoms with E-state index in [-0.39, 0.29) is 49.0 Å². The van der Waals surface area contributed by atoms with Crippen LogP contribution in [0.25, 0.3) is 0 Å². The van der Waals surface area contributed by atoms with Crippen LogP contribution >= 0.6 is 12.4 Å². The second-order valence-corrected chi connectivity index (χ2v) is 8.14. The van der Waals surface area contributed by atoms with Gasteiger partial charge in [-0.25, -0.2) is 0 Å². The fraction of sp³-hybridized carbons (Fsp3) is 0.950. The van der Waals surface area contributed by atoms with Gasteiger partial charge in [-0.15, -0.1) is 12.4 Å². The second-order valence-electron chi connectivity index (χ2n) is 8.14. The van der Waals surface area contributed by atoms with Crippen molar-refractivity contribution in [2.45, 2.75) is 84.0 Å². The van der Waals surface area contributed by atoms with Gasteiger partial charge in [0, 0.05) is 26.2 Å². The molecule has 3 atom stereocenters. The number of carbonyl (C=O) groups excluding carboxylic acids is 1. The minimum atomic E-state index is -0.0297. The molecule has 0 N–H and O–H groups in total. The summed E-state index contributed by atoms with van der Waals surface area (Å²) < 4.78 is 17.7. The topological polar surface area (TPSA) is 51.2 Å². The first-order valence-electron chi connectivity index (χ1n) is 10.5. The van der Waals surface area contributed by atoms with Gasteiger partial charge >= 0.3 is 5.97 Å². The number of carbonyl (C=O) groups is 1. The van der Waals surface area contributed by atoms with Gasteiger partial charge in [-0.3, -0.25) is 14.6 Å². The van der Waals surface area contributed by atoms with Crippen LogP contribution in [0, 0.1) is 5.92 Å². The number of esters is 1. The van der Waals surface area contributed by atoms with E-state index in [1.807, 2.05) is 6.92 Å². The smallest absolute Gasteiger partial charge is 0.308 e. The van der Waals surface area contributed by atoms with E-state index in [0.717, 1.165) is 51.9 Å². The van der Waals surface area contributed by atoms with E-state index in [4.69, 9.17) is 14.2 Å². The highest BCUT2D eigenvalue weighted by Crippen LogP contribution is 2.30. The first-order chi connectivity index (χ1) is 12.6. The molecule has 3 fully saturated rings.